The molecule has 0 aliphatic carbocycles. The van der Waals surface area contributed by atoms with Gasteiger partial charge in [0.15, 0.2) is 11.0 Å². The zero-order valence-corrected chi connectivity index (χ0v) is 25.6. The number of aromatic nitrogens is 3. The second-order valence-corrected chi connectivity index (χ2v) is 12.0. The molecule has 0 atom stereocenters. The van der Waals surface area contributed by atoms with E-state index in [2.05, 4.69) is 19.8 Å². The summed E-state index contributed by atoms with van der Waals surface area (Å²) in [5.74, 6) is -0.0866. The maximum atomic E-state index is 15.4. The summed E-state index contributed by atoms with van der Waals surface area (Å²) in [5.41, 5.74) is 0.255. The second-order valence-electron chi connectivity index (χ2n) is 11.6. The smallest absolute Gasteiger partial charge is 0.410 e. The standard InChI is InChI=1S/C27H38ClFN6O3.C2H6/c1-5-8-18-19-21(20(29)22(28)30-18)31-24(37-17-27-9-6-11-35(27)12-7-10-27)32-23(19)33-13-15-34(16-14-33)25(36)38-26(2,3)4;1-2/h5-17H2,1-4H3;1-2H3. The average molecular weight is 579 g/mol. The first kappa shape index (κ1) is 30.5. The van der Waals surface area contributed by atoms with E-state index in [1.165, 1.54) is 0 Å². The van der Waals surface area contributed by atoms with Crippen molar-refractivity contribution in [2.75, 3.05) is 50.8 Å². The van der Waals surface area contributed by atoms with Gasteiger partial charge in [0.1, 0.15) is 23.5 Å². The number of carbonyl (C=O) groups excluding carboxylic acids is 1. The van der Waals surface area contributed by atoms with Crippen LogP contribution in [0.4, 0.5) is 15.0 Å². The summed E-state index contributed by atoms with van der Waals surface area (Å²) < 4.78 is 27.2. The molecule has 3 fully saturated rings. The van der Waals surface area contributed by atoms with Gasteiger partial charge in [-0.2, -0.15) is 9.97 Å². The van der Waals surface area contributed by atoms with Crippen molar-refractivity contribution in [3.8, 4) is 6.01 Å². The molecule has 0 radical (unpaired) electrons. The molecule has 0 unspecified atom stereocenters. The van der Waals surface area contributed by atoms with Gasteiger partial charge in [-0.1, -0.05) is 38.8 Å². The number of amides is 1. The highest BCUT2D eigenvalue weighted by Gasteiger charge is 2.45. The van der Waals surface area contributed by atoms with E-state index in [9.17, 15) is 4.79 Å². The monoisotopic (exact) mass is 578 g/mol. The van der Waals surface area contributed by atoms with Crippen molar-refractivity contribution < 1.29 is 18.7 Å². The van der Waals surface area contributed by atoms with Crippen LogP contribution in [0, 0.1) is 5.82 Å². The Hall–Kier alpha value is -2.46. The lowest BCUT2D eigenvalue weighted by molar-refractivity contribution is 0.0240. The van der Waals surface area contributed by atoms with Crippen molar-refractivity contribution >= 4 is 34.4 Å². The molecule has 0 saturated carbocycles. The van der Waals surface area contributed by atoms with E-state index in [1.807, 2.05) is 41.5 Å². The predicted octanol–water partition coefficient (Wildman–Crippen LogP) is 5.86. The molecule has 11 heteroatoms. The van der Waals surface area contributed by atoms with E-state index >= 15 is 4.39 Å². The number of aryl methyl sites for hydroxylation is 1. The Kier molecular flexibility index (Phi) is 9.60. The maximum Gasteiger partial charge on any atom is 0.410 e. The van der Waals surface area contributed by atoms with Crippen LogP contribution in [0.2, 0.25) is 5.15 Å². The minimum Gasteiger partial charge on any atom is -0.461 e. The molecule has 3 aliphatic heterocycles. The van der Waals surface area contributed by atoms with Crippen molar-refractivity contribution in [2.45, 2.75) is 91.2 Å². The molecule has 0 aromatic carbocycles. The molecule has 0 spiro atoms. The zero-order chi connectivity index (χ0) is 29.1. The Labute approximate surface area is 242 Å². The molecule has 222 valence electrons. The summed E-state index contributed by atoms with van der Waals surface area (Å²) in [7, 11) is 0. The van der Waals surface area contributed by atoms with Gasteiger partial charge in [-0.3, -0.25) is 4.90 Å². The normalized spacial score (nSPS) is 18.9. The third-order valence-electron chi connectivity index (χ3n) is 7.78. The van der Waals surface area contributed by atoms with Gasteiger partial charge in [-0.15, -0.1) is 0 Å². The third-order valence-corrected chi connectivity index (χ3v) is 8.03. The van der Waals surface area contributed by atoms with E-state index in [4.69, 9.17) is 26.1 Å². The van der Waals surface area contributed by atoms with E-state index in [-0.39, 0.29) is 28.3 Å². The summed E-state index contributed by atoms with van der Waals surface area (Å²) in [6.07, 6.45) is 5.58. The maximum absolute atomic E-state index is 15.4. The lowest BCUT2D eigenvalue weighted by Gasteiger charge is -2.36. The lowest BCUT2D eigenvalue weighted by Crippen LogP contribution is -2.50. The fraction of sp³-hybridized carbons (Fsp3) is 0.724. The molecule has 1 amide bonds. The minimum absolute atomic E-state index is 0.0132. The van der Waals surface area contributed by atoms with Crippen molar-refractivity contribution in [3.63, 3.8) is 0 Å². The van der Waals surface area contributed by atoms with Crippen LogP contribution >= 0.6 is 11.6 Å². The molecule has 9 nitrogen and oxygen atoms in total. The largest absolute Gasteiger partial charge is 0.461 e. The fourth-order valence-corrected chi connectivity index (χ4v) is 6.16. The van der Waals surface area contributed by atoms with Crippen LogP contribution in [-0.2, 0) is 11.2 Å². The van der Waals surface area contributed by atoms with Gasteiger partial charge >= 0.3 is 12.1 Å². The number of halogens is 2. The molecule has 5 rings (SSSR count). The third kappa shape index (κ3) is 6.38. The van der Waals surface area contributed by atoms with E-state index in [0.29, 0.717) is 56.1 Å². The highest BCUT2D eigenvalue weighted by Crippen LogP contribution is 2.40. The van der Waals surface area contributed by atoms with E-state index < -0.39 is 11.4 Å². The van der Waals surface area contributed by atoms with Crippen molar-refractivity contribution in [3.05, 3.63) is 16.7 Å². The Morgan fingerprint density at radius 1 is 1.02 bits per heavy atom. The summed E-state index contributed by atoms with van der Waals surface area (Å²) >= 11 is 6.21. The summed E-state index contributed by atoms with van der Waals surface area (Å²) in [4.78, 5) is 32.6. The highest BCUT2D eigenvalue weighted by molar-refractivity contribution is 6.30. The quantitative estimate of drug-likeness (QED) is 0.394. The van der Waals surface area contributed by atoms with Crippen LogP contribution in [0.1, 0.15) is 79.3 Å². The van der Waals surface area contributed by atoms with Gasteiger partial charge in [0, 0.05) is 26.2 Å². The SMILES string of the molecule is CC.CCCc1nc(Cl)c(F)c2nc(OCC34CCCN3CCC4)nc(N3CCN(C(=O)OC(C)(C)C)CC3)c12. The van der Waals surface area contributed by atoms with E-state index in [1.54, 1.807) is 4.90 Å². The number of hydrogen-bond donors (Lipinski definition) is 0. The number of rotatable bonds is 6. The second kappa shape index (κ2) is 12.6. The van der Waals surface area contributed by atoms with Crippen molar-refractivity contribution in [1.29, 1.82) is 0 Å². The van der Waals surface area contributed by atoms with Gasteiger partial charge < -0.3 is 19.3 Å². The lowest BCUT2D eigenvalue weighted by atomic mass is 9.95. The number of anilines is 1. The first-order valence-corrected chi connectivity index (χ1v) is 15.1. The van der Waals surface area contributed by atoms with Gasteiger partial charge in [-0.05, 0) is 66.0 Å². The first-order valence-electron chi connectivity index (χ1n) is 14.8. The number of piperazine rings is 1. The number of hydrogen-bond acceptors (Lipinski definition) is 8. The fourth-order valence-electron chi connectivity index (χ4n) is 5.97. The van der Waals surface area contributed by atoms with Gasteiger partial charge in [-0.25, -0.2) is 14.2 Å². The molecule has 5 heterocycles. The zero-order valence-electron chi connectivity index (χ0n) is 24.9. The number of nitrogens with zero attached hydrogens (tertiary/aromatic N) is 6. The van der Waals surface area contributed by atoms with Crippen LogP contribution in [0.3, 0.4) is 0 Å². The first-order chi connectivity index (χ1) is 19.1. The summed E-state index contributed by atoms with van der Waals surface area (Å²) in [6.45, 7) is 16.2. The highest BCUT2D eigenvalue weighted by atomic mass is 35.5. The van der Waals surface area contributed by atoms with Gasteiger partial charge in [0.05, 0.1) is 16.6 Å². The number of fused-ring (bicyclic) bond motifs is 2. The molecule has 0 bridgehead atoms. The predicted molar refractivity (Wildman–Crippen MR) is 156 cm³/mol. The molecule has 0 N–H and O–H groups in total. The minimum atomic E-state index is -0.663. The molecular weight excluding hydrogens is 535 g/mol. The molecule has 3 saturated heterocycles. The Morgan fingerprint density at radius 3 is 2.27 bits per heavy atom. The Balaban J connectivity index is 0.00000181. The molecule has 3 aliphatic rings. The Bertz CT molecular complexity index is 1190. The average Bonchev–Trinajstić information content (AvgIpc) is 3.51. The Morgan fingerprint density at radius 2 is 1.68 bits per heavy atom. The van der Waals surface area contributed by atoms with Crippen LogP contribution < -0.4 is 9.64 Å². The number of carbonyl (C=O) groups is 1. The van der Waals surface area contributed by atoms with Crippen molar-refractivity contribution in [2.24, 2.45) is 0 Å². The summed E-state index contributed by atoms with van der Waals surface area (Å²) in [5, 5.41) is 0.371. The topological polar surface area (TPSA) is 83.9 Å². The number of ether oxygens (including phenoxy) is 2. The molecule has 2 aromatic rings. The van der Waals surface area contributed by atoms with Crippen LogP contribution in [-0.4, -0.2) is 87.9 Å². The molecule has 2 aromatic heterocycles. The van der Waals surface area contributed by atoms with Crippen LogP contribution in [0.5, 0.6) is 6.01 Å². The van der Waals surface area contributed by atoms with Crippen LogP contribution in [0.15, 0.2) is 0 Å². The summed E-state index contributed by atoms with van der Waals surface area (Å²) in [6, 6.07) is 0.152. The van der Waals surface area contributed by atoms with Gasteiger partial charge in [0.25, 0.3) is 0 Å². The van der Waals surface area contributed by atoms with E-state index in [0.717, 1.165) is 45.2 Å². The number of pyridine rings is 1. The van der Waals surface area contributed by atoms with Crippen LogP contribution in [0.25, 0.3) is 10.9 Å². The van der Waals surface area contributed by atoms with Crippen molar-refractivity contribution in [1.82, 2.24) is 24.8 Å². The molecule has 40 heavy (non-hydrogen) atoms. The molecular formula is C29H44ClFN6O3. The van der Waals surface area contributed by atoms with Gasteiger partial charge in [0.2, 0.25) is 0 Å².